The zero-order chi connectivity index (χ0) is 13.0. The first-order valence-electron chi connectivity index (χ1n) is 5.27. The van der Waals surface area contributed by atoms with E-state index in [2.05, 4.69) is 14.7 Å². The van der Waals surface area contributed by atoms with Crippen LogP contribution in [0, 0.1) is 0 Å². The van der Waals surface area contributed by atoms with Crippen molar-refractivity contribution >= 4 is 22.4 Å². The van der Waals surface area contributed by atoms with Crippen LogP contribution < -0.4 is 20.5 Å². The van der Waals surface area contributed by atoms with Crippen LogP contribution in [0.2, 0.25) is 0 Å². The Labute approximate surface area is 109 Å². The van der Waals surface area contributed by atoms with Crippen LogP contribution in [0.1, 0.15) is 5.56 Å². The third-order valence-corrected chi connectivity index (χ3v) is 3.16. The Hall–Kier alpha value is -2.02. The van der Waals surface area contributed by atoms with Gasteiger partial charge >= 0.3 is 0 Å². The SMILES string of the molecule is COc1ncccc1CNc1snc(N)c1OC. The molecule has 0 aliphatic carbocycles. The van der Waals surface area contributed by atoms with Gasteiger partial charge in [-0.3, -0.25) is 0 Å². The molecule has 0 aliphatic rings. The van der Waals surface area contributed by atoms with Gasteiger partial charge in [0.05, 0.1) is 14.2 Å². The molecular weight excluding hydrogens is 252 g/mol. The molecule has 18 heavy (non-hydrogen) atoms. The lowest BCUT2D eigenvalue weighted by Crippen LogP contribution is -2.02. The summed E-state index contributed by atoms with van der Waals surface area (Å²) < 4.78 is 14.4. The number of nitrogen functional groups attached to an aromatic ring is 1. The Kier molecular flexibility index (Phi) is 3.83. The quantitative estimate of drug-likeness (QED) is 0.858. The molecule has 2 heterocycles. The maximum atomic E-state index is 5.67. The van der Waals surface area contributed by atoms with Crippen LogP contribution in [-0.2, 0) is 6.54 Å². The second-order valence-electron chi connectivity index (χ2n) is 3.46. The molecule has 0 amide bonds. The maximum absolute atomic E-state index is 5.67. The minimum absolute atomic E-state index is 0.392. The van der Waals surface area contributed by atoms with Crippen LogP contribution in [0.5, 0.6) is 11.6 Å². The van der Waals surface area contributed by atoms with Gasteiger partial charge in [-0.1, -0.05) is 6.07 Å². The summed E-state index contributed by atoms with van der Waals surface area (Å²) in [6.07, 6.45) is 1.69. The van der Waals surface area contributed by atoms with Crippen molar-refractivity contribution in [3.05, 3.63) is 23.9 Å². The van der Waals surface area contributed by atoms with Crippen LogP contribution in [-0.4, -0.2) is 23.6 Å². The van der Waals surface area contributed by atoms with Gasteiger partial charge in [-0.2, -0.15) is 4.37 Å². The lowest BCUT2D eigenvalue weighted by Gasteiger charge is -2.08. The number of nitrogens with zero attached hydrogens (tertiary/aromatic N) is 2. The molecular formula is C11H14N4O2S. The standard InChI is InChI=1S/C11H14N4O2S/c1-16-8-9(12)15-18-11(8)14-6-7-4-3-5-13-10(7)17-2/h3-5,14H,6H2,1-2H3,(H2,12,15). The Balaban J connectivity index is 2.11. The molecule has 7 heteroatoms. The normalized spacial score (nSPS) is 10.1. The van der Waals surface area contributed by atoms with Crippen molar-refractivity contribution in [2.24, 2.45) is 0 Å². The van der Waals surface area contributed by atoms with Crippen molar-refractivity contribution in [1.29, 1.82) is 0 Å². The largest absolute Gasteiger partial charge is 0.490 e. The van der Waals surface area contributed by atoms with E-state index in [-0.39, 0.29) is 0 Å². The highest BCUT2D eigenvalue weighted by Gasteiger charge is 2.12. The second kappa shape index (κ2) is 5.54. The number of hydrogen-bond acceptors (Lipinski definition) is 7. The van der Waals surface area contributed by atoms with Crippen molar-refractivity contribution in [3.63, 3.8) is 0 Å². The minimum atomic E-state index is 0.392. The summed E-state index contributed by atoms with van der Waals surface area (Å²) in [6.45, 7) is 0.564. The fraction of sp³-hybridized carbons (Fsp3) is 0.273. The van der Waals surface area contributed by atoms with E-state index in [4.69, 9.17) is 15.2 Å². The van der Waals surface area contributed by atoms with E-state index in [1.807, 2.05) is 12.1 Å². The average Bonchev–Trinajstić information content (AvgIpc) is 2.77. The number of nitrogens with one attached hydrogen (secondary N) is 1. The number of rotatable bonds is 5. The van der Waals surface area contributed by atoms with E-state index in [0.29, 0.717) is 24.0 Å². The molecule has 0 aliphatic heterocycles. The summed E-state index contributed by atoms with van der Waals surface area (Å²) in [4.78, 5) is 4.13. The Morgan fingerprint density at radius 1 is 1.39 bits per heavy atom. The van der Waals surface area contributed by atoms with E-state index in [1.165, 1.54) is 11.5 Å². The third kappa shape index (κ3) is 2.45. The van der Waals surface area contributed by atoms with Crippen molar-refractivity contribution in [3.8, 4) is 11.6 Å². The summed E-state index contributed by atoms with van der Waals surface area (Å²) >= 11 is 1.26. The maximum Gasteiger partial charge on any atom is 0.218 e. The molecule has 0 bridgehead atoms. The predicted octanol–water partition coefficient (Wildman–Crippen LogP) is 1.75. The topological polar surface area (TPSA) is 82.3 Å². The molecule has 0 atom stereocenters. The minimum Gasteiger partial charge on any atom is -0.490 e. The molecule has 6 nitrogen and oxygen atoms in total. The summed E-state index contributed by atoms with van der Waals surface area (Å²) in [5.74, 6) is 1.56. The van der Waals surface area contributed by atoms with Crippen molar-refractivity contribution in [2.45, 2.75) is 6.54 Å². The van der Waals surface area contributed by atoms with Gasteiger partial charge in [-0.15, -0.1) is 0 Å². The Morgan fingerprint density at radius 3 is 2.94 bits per heavy atom. The fourth-order valence-electron chi connectivity index (χ4n) is 1.52. The van der Waals surface area contributed by atoms with E-state index in [1.54, 1.807) is 20.4 Å². The van der Waals surface area contributed by atoms with E-state index in [9.17, 15) is 0 Å². The van der Waals surface area contributed by atoms with Gasteiger partial charge in [-0.05, 0) is 17.6 Å². The molecule has 0 saturated carbocycles. The van der Waals surface area contributed by atoms with Crippen LogP contribution >= 0.6 is 11.5 Å². The second-order valence-corrected chi connectivity index (χ2v) is 4.23. The Morgan fingerprint density at radius 2 is 2.22 bits per heavy atom. The molecule has 0 spiro atoms. The van der Waals surface area contributed by atoms with Crippen LogP contribution in [0.15, 0.2) is 18.3 Å². The van der Waals surface area contributed by atoms with Gasteiger partial charge in [0.1, 0.15) is 0 Å². The molecule has 0 unspecified atom stereocenters. The number of ether oxygens (including phenoxy) is 2. The molecule has 0 saturated heterocycles. The molecule has 2 rings (SSSR count). The molecule has 0 radical (unpaired) electrons. The smallest absolute Gasteiger partial charge is 0.218 e. The third-order valence-electron chi connectivity index (χ3n) is 2.36. The summed E-state index contributed by atoms with van der Waals surface area (Å²) in [5.41, 5.74) is 6.63. The predicted molar refractivity (Wildman–Crippen MR) is 71.2 cm³/mol. The van der Waals surface area contributed by atoms with Gasteiger partial charge in [-0.25, -0.2) is 4.98 Å². The van der Waals surface area contributed by atoms with Crippen molar-refractivity contribution in [2.75, 3.05) is 25.3 Å². The highest BCUT2D eigenvalue weighted by Crippen LogP contribution is 2.35. The Bertz CT molecular complexity index is 530. The van der Waals surface area contributed by atoms with Crippen LogP contribution in [0.4, 0.5) is 10.8 Å². The monoisotopic (exact) mass is 266 g/mol. The van der Waals surface area contributed by atoms with Gasteiger partial charge < -0.3 is 20.5 Å². The first-order chi connectivity index (χ1) is 8.76. The molecule has 96 valence electrons. The molecule has 3 N–H and O–H groups in total. The highest BCUT2D eigenvalue weighted by atomic mass is 32.1. The van der Waals surface area contributed by atoms with Gasteiger partial charge in [0.25, 0.3) is 0 Å². The number of methoxy groups -OCH3 is 2. The summed E-state index contributed by atoms with van der Waals surface area (Å²) in [6, 6.07) is 3.80. The summed E-state index contributed by atoms with van der Waals surface area (Å²) in [5, 5.41) is 4.00. The van der Waals surface area contributed by atoms with Crippen LogP contribution in [0.25, 0.3) is 0 Å². The number of pyridine rings is 1. The molecule has 2 aromatic rings. The number of hydrogen-bond donors (Lipinski definition) is 2. The number of anilines is 2. The van der Waals surface area contributed by atoms with E-state index < -0.39 is 0 Å². The van der Waals surface area contributed by atoms with Gasteiger partial charge in [0.2, 0.25) is 5.88 Å². The lowest BCUT2D eigenvalue weighted by molar-refractivity contribution is 0.393. The molecule has 0 aromatic carbocycles. The molecule has 0 fully saturated rings. The first-order valence-corrected chi connectivity index (χ1v) is 6.04. The first kappa shape index (κ1) is 12.4. The zero-order valence-corrected chi connectivity index (χ0v) is 11.0. The number of nitrogens with two attached hydrogens (primary N) is 1. The van der Waals surface area contributed by atoms with Gasteiger partial charge in [0.15, 0.2) is 16.6 Å². The molecule has 2 aromatic heterocycles. The average molecular weight is 266 g/mol. The van der Waals surface area contributed by atoms with E-state index >= 15 is 0 Å². The lowest BCUT2D eigenvalue weighted by atomic mass is 10.2. The van der Waals surface area contributed by atoms with Gasteiger partial charge in [0, 0.05) is 18.3 Å². The summed E-state index contributed by atoms with van der Waals surface area (Å²) in [7, 11) is 3.16. The fourth-order valence-corrected chi connectivity index (χ4v) is 2.20. The van der Waals surface area contributed by atoms with E-state index in [0.717, 1.165) is 10.6 Å². The van der Waals surface area contributed by atoms with Crippen molar-refractivity contribution in [1.82, 2.24) is 9.36 Å². The van der Waals surface area contributed by atoms with Crippen LogP contribution in [0.3, 0.4) is 0 Å². The highest BCUT2D eigenvalue weighted by molar-refractivity contribution is 7.11. The number of aromatic nitrogens is 2. The zero-order valence-electron chi connectivity index (χ0n) is 10.1. The van der Waals surface area contributed by atoms with Crippen molar-refractivity contribution < 1.29 is 9.47 Å².